The molecule has 0 saturated carbocycles. The van der Waals surface area contributed by atoms with Crippen LogP contribution in [0.5, 0.6) is 0 Å². The average Bonchev–Trinajstić information content (AvgIpc) is 2.69. The minimum absolute atomic E-state index is 0. The number of rotatable bonds is 4. The third-order valence-corrected chi connectivity index (χ3v) is 14.4. The van der Waals surface area contributed by atoms with Crippen LogP contribution in [0.1, 0.15) is 40.2 Å². The topological polar surface area (TPSA) is 0 Å². The Hall–Kier alpha value is 0.718. The van der Waals surface area contributed by atoms with Crippen molar-refractivity contribution in [3.8, 4) is 0 Å². The molecular weight excluding hydrogens is 475 g/mol. The second-order valence-electron chi connectivity index (χ2n) is 9.15. The standard InChI is InChI=1S/C22H35Si2.3ClH.Ti/c1-11-24(10,22(6)15-17(3)18(4)19(22)5)21-13-16(2)12-20(14-21)23(7,8)9;;;;/h12-14H,11H2,1-10H3;3*1H;/q-1;;;;+4/p-3. The fraction of sp³-hybridized carbons (Fsp3) is 0.545. The van der Waals surface area contributed by atoms with Crippen LogP contribution in [0.15, 0.2) is 34.9 Å². The van der Waals surface area contributed by atoms with Gasteiger partial charge in [-0.15, -0.1) is 6.92 Å². The van der Waals surface area contributed by atoms with Crippen LogP contribution < -0.4 is 47.6 Å². The van der Waals surface area contributed by atoms with Crippen molar-refractivity contribution in [1.82, 2.24) is 0 Å². The molecule has 1 aromatic carbocycles. The molecule has 1 aromatic rings. The first kappa shape index (κ1) is 33.4. The monoisotopic (exact) mass is 508 g/mol. The first-order chi connectivity index (χ1) is 10.9. The fourth-order valence-electron chi connectivity index (χ4n) is 4.15. The third-order valence-electron chi connectivity index (χ3n) is 6.70. The van der Waals surface area contributed by atoms with E-state index in [9.17, 15) is 0 Å². The molecule has 28 heavy (non-hydrogen) atoms. The first-order valence-corrected chi connectivity index (χ1v) is 15.5. The van der Waals surface area contributed by atoms with Gasteiger partial charge in [0, 0.05) is 0 Å². The van der Waals surface area contributed by atoms with Crippen LogP contribution in [0.3, 0.4) is 0 Å². The van der Waals surface area contributed by atoms with Crippen LogP contribution in [-0.2, 0) is 21.7 Å². The number of halogens is 3. The molecule has 0 radical (unpaired) electrons. The molecular formula is C22H35Cl3Si2Ti. The molecule has 2 rings (SSSR count). The van der Waals surface area contributed by atoms with Crippen molar-refractivity contribution >= 4 is 26.5 Å². The van der Waals surface area contributed by atoms with Crippen molar-refractivity contribution in [2.45, 2.75) is 78.8 Å². The summed E-state index contributed by atoms with van der Waals surface area (Å²) in [6.45, 7) is 23.9. The van der Waals surface area contributed by atoms with Crippen molar-refractivity contribution < 1.29 is 58.9 Å². The smallest absolute Gasteiger partial charge is 1.00 e. The maximum Gasteiger partial charge on any atom is 4.00 e. The molecule has 0 aliphatic heterocycles. The van der Waals surface area contributed by atoms with E-state index in [4.69, 9.17) is 0 Å². The van der Waals surface area contributed by atoms with Crippen molar-refractivity contribution in [3.63, 3.8) is 0 Å². The molecule has 2 atom stereocenters. The van der Waals surface area contributed by atoms with E-state index in [1.807, 2.05) is 0 Å². The Morgan fingerprint density at radius 3 is 1.68 bits per heavy atom. The van der Waals surface area contributed by atoms with Gasteiger partial charge in [-0.25, -0.2) is 5.57 Å². The summed E-state index contributed by atoms with van der Waals surface area (Å²) in [5.74, 6) is 0. The summed E-state index contributed by atoms with van der Waals surface area (Å²) in [6, 6.07) is 8.72. The molecule has 6 heteroatoms. The Kier molecular flexibility index (Phi) is 13.5. The molecule has 0 aromatic heterocycles. The van der Waals surface area contributed by atoms with Gasteiger partial charge in [0.15, 0.2) is 0 Å². The number of aryl methyl sites for hydroxylation is 1. The Morgan fingerprint density at radius 2 is 1.32 bits per heavy atom. The van der Waals surface area contributed by atoms with E-state index in [1.54, 1.807) is 15.9 Å². The third kappa shape index (κ3) is 5.69. The fourth-order valence-corrected chi connectivity index (χ4v) is 9.74. The minimum Gasteiger partial charge on any atom is -1.00 e. The molecule has 2 unspecified atom stereocenters. The predicted molar refractivity (Wildman–Crippen MR) is 115 cm³/mol. The van der Waals surface area contributed by atoms with E-state index in [0.717, 1.165) is 0 Å². The van der Waals surface area contributed by atoms with Gasteiger partial charge in [-0.1, -0.05) is 99.1 Å². The zero-order valence-corrected chi connectivity index (χ0v) is 24.9. The van der Waals surface area contributed by atoms with Crippen molar-refractivity contribution in [2.24, 2.45) is 0 Å². The van der Waals surface area contributed by atoms with E-state index < -0.39 is 16.1 Å². The van der Waals surface area contributed by atoms with Crippen LogP contribution in [0.4, 0.5) is 0 Å². The maximum atomic E-state index is 3.91. The summed E-state index contributed by atoms with van der Waals surface area (Å²) in [6.07, 6.45) is 3.91. The van der Waals surface area contributed by atoms with Crippen LogP contribution >= 0.6 is 0 Å². The molecule has 1 aliphatic carbocycles. The van der Waals surface area contributed by atoms with E-state index in [2.05, 4.69) is 92.0 Å². The Labute approximate surface area is 209 Å². The Morgan fingerprint density at radius 1 is 0.857 bits per heavy atom. The zero-order chi connectivity index (χ0) is 18.5. The van der Waals surface area contributed by atoms with Gasteiger partial charge in [0.25, 0.3) is 0 Å². The van der Waals surface area contributed by atoms with Crippen molar-refractivity contribution in [3.05, 3.63) is 46.6 Å². The molecule has 0 spiro atoms. The largest absolute Gasteiger partial charge is 4.00 e. The predicted octanol–water partition coefficient (Wildman–Crippen LogP) is -3.28. The number of benzene rings is 1. The van der Waals surface area contributed by atoms with E-state index >= 15 is 0 Å². The van der Waals surface area contributed by atoms with Gasteiger partial charge in [0.1, 0.15) is 0 Å². The van der Waals surface area contributed by atoms with Gasteiger partial charge >= 0.3 is 21.7 Å². The summed E-state index contributed by atoms with van der Waals surface area (Å²) in [5, 5.41) is 3.34. The van der Waals surface area contributed by atoms with E-state index in [1.165, 1.54) is 22.8 Å². The zero-order valence-electron chi connectivity index (χ0n) is 19.1. The van der Waals surface area contributed by atoms with Crippen molar-refractivity contribution in [2.75, 3.05) is 0 Å². The molecule has 0 bridgehead atoms. The minimum atomic E-state index is -1.75. The van der Waals surface area contributed by atoms with Gasteiger partial charge in [0.2, 0.25) is 0 Å². The quantitative estimate of drug-likeness (QED) is 0.295. The number of hydrogen-bond acceptors (Lipinski definition) is 0. The molecule has 0 saturated heterocycles. The SMILES string of the molecule is CC[Si](C)(c1cc(C)cc([Si](C)(C)C)c1)C1(C)[C-]=C(C)C(C)=C1C.[Cl-].[Cl-].[Cl-].[Ti+4]. The molecule has 0 heterocycles. The van der Waals surface area contributed by atoms with Gasteiger partial charge in [-0.3, -0.25) is 6.08 Å². The van der Waals surface area contributed by atoms with Crippen LogP contribution in [0, 0.1) is 13.0 Å². The van der Waals surface area contributed by atoms with Crippen LogP contribution in [-0.4, -0.2) is 16.1 Å². The Bertz CT molecular complexity index is 738. The summed E-state index contributed by atoms with van der Waals surface area (Å²) in [7, 11) is -3.06. The molecule has 0 amide bonds. The van der Waals surface area contributed by atoms with Crippen LogP contribution in [0.2, 0.25) is 37.3 Å². The van der Waals surface area contributed by atoms with Gasteiger partial charge < -0.3 is 37.2 Å². The second kappa shape index (κ2) is 11.4. The molecule has 0 N–H and O–H groups in total. The van der Waals surface area contributed by atoms with Gasteiger partial charge in [0.05, 0.1) is 16.1 Å². The summed E-state index contributed by atoms with van der Waals surface area (Å²) in [5.41, 5.74) is 5.80. The molecule has 156 valence electrons. The normalized spacial score (nSPS) is 20.7. The number of hydrogen-bond donors (Lipinski definition) is 0. The molecule has 0 fully saturated rings. The summed E-state index contributed by atoms with van der Waals surface area (Å²) in [4.78, 5) is 0. The summed E-state index contributed by atoms with van der Waals surface area (Å²) >= 11 is 0. The van der Waals surface area contributed by atoms with E-state index in [-0.39, 0.29) is 64.0 Å². The Balaban J connectivity index is -0.00000156. The number of allylic oxidation sites excluding steroid dienone is 4. The maximum absolute atomic E-state index is 3.91. The first-order valence-electron chi connectivity index (χ1n) is 9.29. The average molecular weight is 510 g/mol. The molecule has 0 nitrogen and oxygen atoms in total. The molecule has 1 aliphatic rings. The van der Waals surface area contributed by atoms with E-state index in [0.29, 0.717) is 0 Å². The van der Waals surface area contributed by atoms with Gasteiger partial charge in [-0.05, 0) is 6.92 Å². The van der Waals surface area contributed by atoms with Gasteiger partial charge in [-0.2, -0.15) is 11.1 Å². The van der Waals surface area contributed by atoms with Crippen LogP contribution in [0.25, 0.3) is 0 Å². The summed E-state index contributed by atoms with van der Waals surface area (Å²) < 4.78 is 0. The second-order valence-corrected chi connectivity index (χ2v) is 19.2. The van der Waals surface area contributed by atoms with Crippen molar-refractivity contribution in [1.29, 1.82) is 0 Å².